The Hall–Kier alpha value is -0.610. The maximum atomic E-state index is 9.79. The monoisotopic (exact) mass is 230 g/mol. The van der Waals surface area contributed by atoms with Crippen LogP contribution in [0.3, 0.4) is 0 Å². The molecule has 0 heterocycles. The molecule has 2 unspecified atom stereocenters. The first kappa shape index (κ1) is 12.5. The minimum atomic E-state index is -1.16. The lowest BCUT2D eigenvalue weighted by Gasteiger charge is -2.20. The fourth-order valence-corrected chi connectivity index (χ4v) is 2.01. The number of rotatable bonds is 3. The van der Waals surface area contributed by atoms with E-state index in [0.29, 0.717) is 10.6 Å². The Bertz CT molecular complexity index is 329. The lowest BCUT2D eigenvalue weighted by Crippen LogP contribution is -2.23. The molecule has 3 N–H and O–H groups in total. The lowest BCUT2D eigenvalue weighted by atomic mass is 9.95. The van der Waals surface area contributed by atoms with Gasteiger partial charge in [-0.1, -0.05) is 11.6 Å². The first-order valence-corrected chi connectivity index (χ1v) is 5.08. The van der Waals surface area contributed by atoms with Crippen molar-refractivity contribution in [1.29, 1.82) is 0 Å². The average Bonchev–Trinajstić information content (AvgIpc) is 2.14. The molecule has 1 rings (SSSR count). The van der Waals surface area contributed by atoms with E-state index in [0.717, 1.165) is 11.1 Å². The number of benzene rings is 1. The minimum Gasteiger partial charge on any atom is -0.394 e. The lowest BCUT2D eigenvalue weighted by molar-refractivity contribution is -0.0158. The van der Waals surface area contributed by atoms with E-state index in [4.69, 9.17) is 16.7 Å². The fraction of sp³-hybridized carbons (Fsp3) is 0.455. The zero-order chi connectivity index (χ0) is 11.6. The van der Waals surface area contributed by atoms with Crippen molar-refractivity contribution in [1.82, 2.24) is 0 Å². The highest BCUT2D eigenvalue weighted by atomic mass is 35.5. The quantitative estimate of drug-likeness (QED) is 0.735. The summed E-state index contributed by atoms with van der Waals surface area (Å²) in [6.45, 7) is 3.14. The van der Waals surface area contributed by atoms with E-state index in [1.54, 1.807) is 12.1 Å². The van der Waals surface area contributed by atoms with Gasteiger partial charge in [-0.15, -0.1) is 0 Å². The van der Waals surface area contributed by atoms with Gasteiger partial charge in [-0.3, -0.25) is 0 Å². The molecule has 0 spiro atoms. The first-order chi connectivity index (χ1) is 6.97. The number of aryl methyl sites for hydroxylation is 2. The smallest absolute Gasteiger partial charge is 0.108 e. The Balaban J connectivity index is 3.13. The third-order valence-electron chi connectivity index (χ3n) is 2.41. The first-order valence-electron chi connectivity index (χ1n) is 4.71. The Morgan fingerprint density at radius 1 is 1.20 bits per heavy atom. The van der Waals surface area contributed by atoms with Crippen LogP contribution in [0, 0.1) is 13.8 Å². The van der Waals surface area contributed by atoms with Gasteiger partial charge in [0.15, 0.2) is 0 Å². The molecule has 4 heteroatoms. The third-order valence-corrected chi connectivity index (χ3v) is 2.62. The summed E-state index contributed by atoms with van der Waals surface area (Å²) in [7, 11) is 0. The fourth-order valence-electron chi connectivity index (χ4n) is 1.68. The summed E-state index contributed by atoms with van der Waals surface area (Å²) in [5.74, 6) is 0. The number of hydrogen-bond acceptors (Lipinski definition) is 3. The highest BCUT2D eigenvalue weighted by Gasteiger charge is 2.21. The van der Waals surface area contributed by atoms with Crippen molar-refractivity contribution in [2.24, 2.45) is 0 Å². The van der Waals surface area contributed by atoms with E-state index >= 15 is 0 Å². The van der Waals surface area contributed by atoms with Gasteiger partial charge in [0.1, 0.15) is 12.2 Å². The van der Waals surface area contributed by atoms with E-state index in [2.05, 4.69) is 0 Å². The predicted octanol–water partition coefficient (Wildman–Crippen LogP) is 1.34. The second kappa shape index (κ2) is 4.94. The third kappa shape index (κ3) is 2.69. The molecule has 84 valence electrons. The molecule has 0 aliphatic carbocycles. The zero-order valence-electron chi connectivity index (χ0n) is 8.74. The van der Waals surface area contributed by atoms with Crippen molar-refractivity contribution in [3.05, 3.63) is 33.8 Å². The molecular formula is C11H15ClO3. The molecule has 0 aliphatic heterocycles. The van der Waals surface area contributed by atoms with Gasteiger partial charge in [0.25, 0.3) is 0 Å². The molecule has 0 fully saturated rings. The van der Waals surface area contributed by atoms with Gasteiger partial charge in [0.05, 0.1) is 6.61 Å². The Kier molecular flexibility index (Phi) is 4.11. The van der Waals surface area contributed by atoms with Crippen molar-refractivity contribution in [3.63, 3.8) is 0 Å². The van der Waals surface area contributed by atoms with Crippen LogP contribution < -0.4 is 0 Å². The summed E-state index contributed by atoms with van der Waals surface area (Å²) >= 11 is 5.85. The van der Waals surface area contributed by atoms with Crippen LogP contribution in [0.2, 0.25) is 5.02 Å². The van der Waals surface area contributed by atoms with Gasteiger partial charge in [-0.05, 0) is 42.7 Å². The maximum Gasteiger partial charge on any atom is 0.108 e. The summed E-state index contributed by atoms with van der Waals surface area (Å²) in [6, 6.07) is 3.44. The van der Waals surface area contributed by atoms with Gasteiger partial charge in [-0.2, -0.15) is 0 Å². The molecule has 1 aromatic rings. The van der Waals surface area contributed by atoms with Crippen molar-refractivity contribution in [2.75, 3.05) is 6.61 Å². The normalized spacial score (nSPS) is 15.1. The van der Waals surface area contributed by atoms with E-state index < -0.39 is 18.8 Å². The maximum absolute atomic E-state index is 9.79. The molecule has 3 nitrogen and oxygen atoms in total. The summed E-state index contributed by atoms with van der Waals surface area (Å²) in [6.07, 6.45) is -2.24. The second-order valence-electron chi connectivity index (χ2n) is 3.65. The molecule has 1 aromatic carbocycles. The van der Waals surface area contributed by atoms with Crippen LogP contribution in [0.4, 0.5) is 0 Å². The van der Waals surface area contributed by atoms with Crippen LogP contribution in [-0.4, -0.2) is 28.0 Å². The molecule has 0 bridgehead atoms. The average molecular weight is 231 g/mol. The number of hydrogen-bond donors (Lipinski definition) is 3. The van der Waals surface area contributed by atoms with Crippen LogP contribution in [0.1, 0.15) is 22.8 Å². The summed E-state index contributed by atoms with van der Waals surface area (Å²) in [5.41, 5.74) is 2.24. The summed E-state index contributed by atoms with van der Waals surface area (Å²) < 4.78 is 0. The largest absolute Gasteiger partial charge is 0.394 e. The van der Waals surface area contributed by atoms with Crippen LogP contribution >= 0.6 is 11.6 Å². The molecule has 0 radical (unpaired) electrons. The molecule has 15 heavy (non-hydrogen) atoms. The Morgan fingerprint density at radius 3 is 2.07 bits per heavy atom. The van der Waals surface area contributed by atoms with Crippen LogP contribution in [0.5, 0.6) is 0 Å². The number of aliphatic hydroxyl groups excluding tert-OH is 3. The summed E-state index contributed by atoms with van der Waals surface area (Å²) in [5, 5.41) is 28.5. The SMILES string of the molecule is Cc1cc(Cl)cc(C)c1C(O)C(O)CO. The molecular weight excluding hydrogens is 216 g/mol. The molecule has 2 atom stereocenters. The number of halogens is 1. The van der Waals surface area contributed by atoms with Crippen LogP contribution in [0.15, 0.2) is 12.1 Å². The van der Waals surface area contributed by atoms with Gasteiger partial charge in [0, 0.05) is 5.02 Å². The van der Waals surface area contributed by atoms with Gasteiger partial charge < -0.3 is 15.3 Å². The molecule has 0 amide bonds. The number of aliphatic hydroxyl groups is 3. The van der Waals surface area contributed by atoms with Gasteiger partial charge in [0.2, 0.25) is 0 Å². The van der Waals surface area contributed by atoms with Crippen LogP contribution in [0.25, 0.3) is 0 Å². The van der Waals surface area contributed by atoms with E-state index in [-0.39, 0.29) is 0 Å². The standard InChI is InChI=1S/C11H15ClO3/c1-6-3-8(12)4-7(2)10(6)11(15)9(14)5-13/h3-4,9,11,13-15H,5H2,1-2H3. The second-order valence-corrected chi connectivity index (χ2v) is 4.08. The molecule has 0 aromatic heterocycles. The van der Waals surface area contributed by atoms with E-state index in [9.17, 15) is 10.2 Å². The van der Waals surface area contributed by atoms with Crippen molar-refractivity contribution < 1.29 is 15.3 Å². The van der Waals surface area contributed by atoms with E-state index in [1.165, 1.54) is 0 Å². The zero-order valence-corrected chi connectivity index (χ0v) is 9.49. The van der Waals surface area contributed by atoms with Crippen molar-refractivity contribution in [2.45, 2.75) is 26.1 Å². The molecule has 0 saturated heterocycles. The topological polar surface area (TPSA) is 60.7 Å². The van der Waals surface area contributed by atoms with Crippen molar-refractivity contribution >= 4 is 11.6 Å². The highest BCUT2D eigenvalue weighted by molar-refractivity contribution is 6.30. The van der Waals surface area contributed by atoms with Gasteiger partial charge in [-0.25, -0.2) is 0 Å². The Morgan fingerprint density at radius 2 is 1.67 bits per heavy atom. The van der Waals surface area contributed by atoms with Crippen molar-refractivity contribution in [3.8, 4) is 0 Å². The van der Waals surface area contributed by atoms with Gasteiger partial charge >= 0.3 is 0 Å². The predicted molar refractivity (Wildman–Crippen MR) is 59.0 cm³/mol. The molecule has 0 aliphatic rings. The van der Waals surface area contributed by atoms with E-state index in [1.807, 2.05) is 13.8 Å². The molecule has 0 saturated carbocycles. The summed E-state index contributed by atoms with van der Waals surface area (Å²) in [4.78, 5) is 0. The highest BCUT2D eigenvalue weighted by Crippen LogP contribution is 2.27. The Labute approximate surface area is 93.9 Å². The van der Waals surface area contributed by atoms with Crippen LogP contribution in [-0.2, 0) is 0 Å². The minimum absolute atomic E-state index is 0.470.